The fourth-order valence-electron chi connectivity index (χ4n) is 2.39. The van der Waals surface area contributed by atoms with Gasteiger partial charge in [0.1, 0.15) is 5.01 Å². The number of carbonyl (C=O) groups is 2. The molecule has 8 nitrogen and oxygen atoms in total. The lowest BCUT2D eigenvalue weighted by molar-refractivity contribution is -0.119. The molecule has 1 heterocycles. The Labute approximate surface area is 166 Å². The number of anilines is 1. The summed E-state index contributed by atoms with van der Waals surface area (Å²) in [7, 11) is 1.40. The standard InChI is InChI=1S/C17H21ClN4O4S/c1-4-9(5-2)16-21-22-17(27-16)20-15(24)10-6-11(18)14(12(7-10)25-3)26-8-13(19)23/h6-7,9H,4-5,8H2,1-3H3,(H2,19,23)(H,20,22,24). The second-order valence-corrected chi connectivity index (χ2v) is 7.07. The molecule has 3 N–H and O–H groups in total. The summed E-state index contributed by atoms with van der Waals surface area (Å²) in [5.74, 6) is -0.391. The molecule has 1 aromatic heterocycles. The van der Waals surface area contributed by atoms with Crippen molar-refractivity contribution in [2.45, 2.75) is 32.6 Å². The highest BCUT2D eigenvalue weighted by atomic mass is 35.5. The van der Waals surface area contributed by atoms with Crippen molar-refractivity contribution in [3.05, 3.63) is 27.7 Å². The lowest BCUT2D eigenvalue weighted by Gasteiger charge is -2.13. The number of nitrogens with one attached hydrogen (secondary N) is 1. The molecule has 0 radical (unpaired) electrons. The SMILES string of the molecule is CCC(CC)c1nnc(NC(=O)c2cc(Cl)c(OCC(N)=O)c(OC)c2)s1. The van der Waals surface area contributed by atoms with Gasteiger partial charge in [0.05, 0.1) is 12.1 Å². The number of ether oxygens (including phenoxy) is 2. The van der Waals surface area contributed by atoms with E-state index in [1.54, 1.807) is 0 Å². The molecule has 0 atom stereocenters. The van der Waals surface area contributed by atoms with Crippen molar-refractivity contribution in [3.8, 4) is 11.5 Å². The smallest absolute Gasteiger partial charge is 0.257 e. The van der Waals surface area contributed by atoms with E-state index in [1.165, 1.54) is 30.6 Å². The van der Waals surface area contributed by atoms with Gasteiger partial charge >= 0.3 is 0 Å². The molecule has 27 heavy (non-hydrogen) atoms. The van der Waals surface area contributed by atoms with Gasteiger partial charge in [0.2, 0.25) is 5.13 Å². The highest BCUT2D eigenvalue weighted by molar-refractivity contribution is 7.15. The number of hydrogen-bond donors (Lipinski definition) is 2. The highest BCUT2D eigenvalue weighted by Gasteiger charge is 2.19. The summed E-state index contributed by atoms with van der Waals surface area (Å²) in [6.45, 7) is 3.82. The number of nitrogens with two attached hydrogens (primary N) is 1. The molecule has 0 spiro atoms. The number of aromatic nitrogens is 2. The third-order valence-electron chi connectivity index (χ3n) is 3.85. The van der Waals surface area contributed by atoms with Crippen LogP contribution in [0.1, 0.15) is 48.0 Å². The maximum atomic E-state index is 12.5. The quantitative estimate of drug-likeness (QED) is 0.653. The number of carbonyl (C=O) groups excluding carboxylic acids is 2. The number of nitrogens with zero attached hydrogens (tertiary/aromatic N) is 2. The van der Waals surface area contributed by atoms with Gasteiger partial charge in [-0.2, -0.15) is 0 Å². The molecule has 0 bridgehead atoms. The number of methoxy groups -OCH3 is 1. The van der Waals surface area contributed by atoms with Crippen molar-refractivity contribution in [2.75, 3.05) is 19.0 Å². The van der Waals surface area contributed by atoms with Crippen LogP contribution in [0.5, 0.6) is 11.5 Å². The molecule has 0 aliphatic carbocycles. The number of halogens is 1. The minimum Gasteiger partial charge on any atom is -0.493 e. The van der Waals surface area contributed by atoms with Crippen LogP contribution >= 0.6 is 22.9 Å². The Morgan fingerprint density at radius 2 is 2.00 bits per heavy atom. The first-order valence-corrected chi connectivity index (χ1v) is 9.52. The van der Waals surface area contributed by atoms with Gasteiger partial charge in [-0.15, -0.1) is 10.2 Å². The zero-order chi connectivity index (χ0) is 20.0. The summed E-state index contributed by atoms with van der Waals surface area (Å²) in [5.41, 5.74) is 5.32. The Bertz CT molecular complexity index is 823. The van der Waals surface area contributed by atoms with Gasteiger partial charge in [-0.05, 0) is 25.0 Å². The summed E-state index contributed by atoms with van der Waals surface area (Å²) in [4.78, 5) is 23.4. The van der Waals surface area contributed by atoms with Crippen molar-refractivity contribution in [3.63, 3.8) is 0 Å². The van der Waals surface area contributed by atoms with Crippen LogP contribution in [0.2, 0.25) is 5.02 Å². The average molecular weight is 413 g/mol. The summed E-state index contributed by atoms with van der Waals surface area (Å²) in [5, 5.41) is 12.3. The van der Waals surface area contributed by atoms with Gasteiger partial charge < -0.3 is 15.2 Å². The normalized spacial score (nSPS) is 10.7. The first kappa shape index (κ1) is 20.9. The van der Waals surface area contributed by atoms with Crippen molar-refractivity contribution in [1.29, 1.82) is 0 Å². The average Bonchev–Trinajstić information content (AvgIpc) is 3.09. The van der Waals surface area contributed by atoms with E-state index < -0.39 is 11.8 Å². The molecule has 1 aromatic carbocycles. The van der Waals surface area contributed by atoms with Gasteiger partial charge in [-0.25, -0.2) is 0 Å². The second-order valence-electron chi connectivity index (χ2n) is 5.66. The minimum atomic E-state index is -0.653. The van der Waals surface area contributed by atoms with Crippen LogP contribution in [0, 0.1) is 0 Å². The van der Waals surface area contributed by atoms with Gasteiger partial charge in [0.25, 0.3) is 11.8 Å². The molecule has 2 amide bonds. The zero-order valence-corrected chi connectivity index (χ0v) is 16.8. The number of primary amides is 1. The molecule has 10 heteroatoms. The number of hydrogen-bond acceptors (Lipinski definition) is 7. The van der Waals surface area contributed by atoms with Crippen molar-refractivity contribution in [2.24, 2.45) is 5.73 Å². The number of benzene rings is 1. The topological polar surface area (TPSA) is 116 Å². The summed E-state index contributed by atoms with van der Waals surface area (Å²) in [6, 6.07) is 2.87. The molecule has 0 aliphatic heterocycles. The highest BCUT2D eigenvalue weighted by Crippen LogP contribution is 2.37. The van der Waals surface area contributed by atoms with E-state index in [9.17, 15) is 9.59 Å². The molecule has 146 valence electrons. The van der Waals surface area contributed by atoms with E-state index in [0.29, 0.717) is 11.0 Å². The van der Waals surface area contributed by atoms with Crippen LogP contribution < -0.4 is 20.5 Å². The largest absolute Gasteiger partial charge is 0.493 e. The van der Waals surface area contributed by atoms with Crippen molar-refractivity contribution < 1.29 is 19.1 Å². The van der Waals surface area contributed by atoms with E-state index in [2.05, 4.69) is 29.4 Å². The van der Waals surface area contributed by atoms with E-state index in [4.69, 9.17) is 26.8 Å². The van der Waals surface area contributed by atoms with Gasteiger partial charge in [0.15, 0.2) is 18.1 Å². The van der Waals surface area contributed by atoms with Crippen LogP contribution in [0.3, 0.4) is 0 Å². The molecule has 2 rings (SSSR count). The molecule has 0 fully saturated rings. The predicted molar refractivity (Wildman–Crippen MR) is 104 cm³/mol. The van der Waals surface area contributed by atoms with Gasteiger partial charge in [0, 0.05) is 11.5 Å². The van der Waals surface area contributed by atoms with E-state index in [0.717, 1.165) is 17.8 Å². The van der Waals surface area contributed by atoms with Crippen LogP contribution in [0.25, 0.3) is 0 Å². The number of rotatable bonds is 9. The lowest BCUT2D eigenvalue weighted by Crippen LogP contribution is -2.20. The van der Waals surface area contributed by atoms with E-state index >= 15 is 0 Å². The second kappa shape index (κ2) is 9.52. The summed E-state index contributed by atoms with van der Waals surface area (Å²) >= 11 is 7.51. The van der Waals surface area contributed by atoms with E-state index in [-0.39, 0.29) is 28.7 Å². The monoisotopic (exact) mass is 412 g/mol. The Balaban J connectivity index is 2.19. The van der Waals surface area contributed by atoms with Gasteiger partial charge in [-0.3, -0.25) is 14.9 Å². The van der Waals surface area contributed by atoms with Crippen LogP contribution in [0.15, 0.2) is 12.1 Å². The summed E-state index contributed by atoms with van der Waals surface area (Å²) < 4.78 is 10.4. The Morgan fingerprint density at radius 1 is 1.30 bits per heavy atom. The van der Waals surface area contributed by atoms with Crippen LogP contribution in [0.4, 0.5) is 5.13 Å². The fraction of sp³-hybridized carbons (Fsp3) is 0.412. The third-order valence-corrected chi connectivity index (χ3v) is 5.13. The Kier molecular flexibility index (Phi) is 7.37. The minimum absolute atomic E-state index is 0.121. The molecule has 0 saturated carbocycles. The Hall–Kier alpha value is -2.39. The molecule has 0 aliphatic rings. The molecule has 2 aromatic rings. The molecular formula is C17H21ClN4O4S. The van der Waals surface area contributed by atoms with Gasteiger partial charge in [-0.1, -0.05) is 36.8 Å². The summed E-state index contributed by atoms with van der Waals surface area (Å²) in [6.07, 6.45) is 1.91. The molecule has 0 saturated heterocycles. The molecule has 0 unspecified atom stereocenters. The zero-order valence-electron chi connectivity index (χ0n) is 15.2. The lowest BCUT2D eigenvalue weighted by atomic mass is 10.1. The van der Waals surface area contributed by atoms with E-state index in [1.807, 2.05) is 0 Å². The maximum absolute atomic E-state index is 12.5. The number of amides is 2. The third kappa shape index (κ3) is 5.30. The predicted octanol–water partition coefficient (Wildman–Crippen LogP) is 3.22. The van der Waals surface area contributed by atoms with Crippen LogP contribution in [-0.4, -0.2) is 35.7 Å². The van der Waals surface area contributed by atoms with Crippen molar-refractivity contribution in [1.82, 2.24) is 10.2 Å². The fourth-order valence-corrected chi connectivity index (χ4v) is 3.66. The van der Waals surface area contributed by atoms with Crippen LogP contribution in [-0.2, 0) is 4.79 Å². The first-order valence-electron chi connectivity index (χ1n) is 8.32. The Morgan fingerprint density at radius 3 is 2.59 bits per heavy atom. The van der Waals surface area contributed by atoms with Crippen molar-refractivity contribution >= 4 is 39.9 Å². The molecular weight excluding hydrogens is 392 g/mol. The maximum Gasteiger partial charge on any atom is 0.257 e. The first-order chi connectivity index (χ1) is 12.9.